The van der Waals surface area contributed by atoms with E-state index in [9.17, 15) is 9.90 Å². The smallest absolute Gasteiger partial charge is 0.267 e. The lowest BCUT2D eigenvalue weighted by molar-refractivity contribution is -0.125. The van der Waals surface area contributed by atoms with E-state index >= 15 is 0 Å². The molecule has 1 aliphatic heterocycles. The highest BCUT2D eigenvalue weighted by atomic mass is 16.5. The average Bonchev–Trinajstić information content (AvgIpc) is 2.46. The molecule has 0 radical (unpaired) electrons. The fraction of sp³-hybridized carbons (Fsp3) is 0.562. The maximum Gasteiger partial charge on any atom is 0.267 e. The number of fused-ring (bicyclic) bond motifs is 1. The van der Waals surface area contributed by atoms with Crippen LogP contribution in [0.1, 0.15) is 45.1 Å². The number of hydrogen-bond acceptors (Lipinski definition) is 3. The largest absolute Gasteiger partial charge is 0.479 e. The van der Waals surface area contributed by atoms with Gasteiger partial charge in [0.2, 0.25) is 0 Å². The van der Waals surface area contributed by atoms with Crippen LogP contribution in [-0.4, -0.2) is 23.7 Å². The molecule has 2 rings (SSSR count). The number of nitrogens with zero attached hydrogens (tertiary/aromatic N) is 1. The molecule has 1 aromatic rings. The minimum Gasteiger partial charge on any atom is -0.479 e. The molecule has 0 spiro atoms. The first-order valence-corrected chi connectivity index (χ1v) is 7.39. The summed E-state index contributed by atoms with van der Waals surface area (Å²) in [5.74, 6) is 0.730. The van der Waals surface area contributed by atoms with Crippen molar-refractivity contribution in [2.75, 3.05) is 11.4 Å². The fourth-order valence-corrected chi connectivity index (χ4v) is 2.48. The summed E-state index contributed by atoms with van der Waals surface area (Å²) in [4.78, 5) is 14.1. The van der Waals surface area contributed by atoms with Crippen molar-refractivity contribution in [2.24, 2.45) is 0 Å². The van der Waals surface area contributed by atoms with Crippen LogP contribution in [0.25, 0.3) is 0 Å². The van der Waals surface area contributed by atoms with Crippen LogP contribution in [0.2, 0.25) is 0 Å². The third-order valence-corrected chi connectivity index (χ3v) is 3.65. The van der Waals surface area contributed by atoms with Gasteiger partial charge >= 0.3 is 0 Å². The van der Waals surface area contributed by atoms with Crippen molar-refractivity contribution in [2.45, 2.75) is 52.2 Å². The third kappa shape index (κ3) is 3.12. The number of rotatable bonds is 6. The second-order valence-corrected chi connectivity index (χ2v) is 5.27. The summed E-state index contributed by atoms with van der Waals surface area (Å²) in [6.07, 6.45) is 4.06. The van der Waals surface area contributed by atoms with Gasteiger partial charge in [-0.05, 0) is 31.0 Å². The number of unbranched alkanes of at least 4 members (excludes halogenated alkanes) is 3. The lowest BCUT2D eigenvalue weighted by Gasteiger charge is -2.33. The van der Waals surface area contributed by atoms with Crippen molar-refractivity contribution in [1.82, 2.24) is 0 Å². The van der Waals surface area contributed by atoms with Gasteiger partial charge < -0.3 is 14.7 Å². The summed E-state index contributed by atoms with van der Waals surface area (Å²) in [5, 5.41) is 9.25. The molecule has 1 aliphatic rings. The first-order valence-electron chi connectivity index (χ1n) is 7.39. The number of aliphatic hydroxyl groups is 1. The highest BCUT2D eigenvalue weighted by Gasteiger charge is 2.31. The lowest BCUT2D eigenvalue weighted by Crippen LogP contribution is -2.44. The van der Waals surface area contributed by atoms with Crippen LogP contribution in [0.4, 0.5) is 5.69 Å². The molecule has 1 heterocycles. The molecule has 1 N–H and O–H groups in total. The van der Waals surface area contributed by atoms with Crippen molar-refractivity contribution >= 4 is 11.6 Å². The van der Waals surface area contributed by atoms with E-state index in [4.69, 9.17) is 4.74 Å². The maximum atomic E-state index is 12.3. The molecule has 1 atom stereocenters. The molecular formula is C16H23NO3. The number of carbonyl (C=O) groups is 1. The fourth-order valence-electron chi connectivity index (χ4n) is 2.48. The van der Waals surface area contributed by atoms with Gasteiger partial charge in [-0.15, -0.1) is 0 Å². The maximum absolute atomic E-state index is 12.3. The Hall–Kier alpha value is -1.55. The van der Waals surface area contributed by atoms with E-state index in [1.807, 2.05) is 18.2 Å². The number of hydrogen-bond donors (Lipinski definition) is 1. The standard InChI is InChI=1S/C16H23NO3/c1-3-4-5-6-9-17-14-10-13(11-18)7-8-15(14)20-12(2)16(17)19/h7-8,10,12,18H,3-6,9,11H2,1-2H3. The molecule has 0 saturated heterocycles. The molecule has 1 unspecified atom stereocenters. The van der Waals surface area contributed by atoms with Gasteiger partial charge in [-0.1, -0.05) is 32.3 Å². The molecule has 4 heteroatoms. The molecule has 4 nitrogen and oxygen atoms in total. The van der Waals surface area contributed by atoms with Gasteiger partial charge in [-0.2, -0.15) is 0 Å². The normalized spacial score (nSPS) is 17.9. The van der Waals surface area contributed by atoms with E-state index in [0.717, 1.165) is 29.8 Å². The molecule has 0 aliphatic carbocycles. The predicted molar refractivity (Wildman–Crippen MR) is 78.9 cm³/mol. The number of aliphatic hydroxyl groups excluding tert-OH is 1. The van der Waals surface area contributed by atoms with Crippen molar-refractivity contribution in [1.29, 1.82) is 0 Å². The minimum atomic E-state index is -0.436. The summed E-state index contributed by atoms with van der Waals surface area (Å²) < 4.78 is 5.63. The van der Waals surface area contributed by atoms with Crippen LogP contribution in [0, 0.1) is 0 Å². The summed E-state index contributed by atoms with van der Waals surface area (Å²) in [5.41, 5.74) is 1.59. The van der Waals surface area contributed by atoms with Crippen molar-refractivity contribution in [3.05, 3.63) is 23.8 Å². The van der Waals surface area contributed by atoms with E-state index in [1.165, 1.54) is 12.8 Å². The van der Waals surface area contributed by atoms with Crippen molar-refractivity contribution in [3.8, 4) is 5.75 Å². The molecule has 0 fully saturated rings. The van der Waals surface area contributed by atoms with Crippen molar-refractivity contribution < 1.29 is 14.6 Å². The van der Waals surface area contributed by atoms with Crippen LogP contribution in [0.3, 0.4) is 0 Å². The Kier molecular flexibility index (Phi) is 5.01. The Morgan fingerprint density at radius 1 is 1.30 bits per heavy atom. The van der Waals surface area contributed by atoms with Crippen LogP contribution >= 0.6 is 0 Å². The van der Waals surface area contributed by atoms with E-state index in [1.54, 1.807) is 11.8 Å². The quantitative estimate of drug-likeness (QED) is 0.813. The summed E-state index contributed by atoms with van der Waals surface area (Å²) in [6, 6.07) is 5.51. The second-order valence-electron chi connectivity index (χ2n) is 5.27. The first-order chi connectivity index (χ1) is 9.67. The second kappa shape index (κ2) is 6.75. The Balaban J connectivity index is 2.18. The van der Waals surface area contributed by atoms with Gasteiger partial charge in [-0.25, -0.2) is 0 Å². The van der Waals surface area contributed by atoms with Gasteiger partial charge in [0.05, 0.1) is 12.3 Å². The van der Waals surface area contributed by atoms with Gasteiger partial charge in [-0.3, -0.25) is 4.79 Å². The number of anilines is 1. The Morgan fingerprint density at radius 2 is 2.10 bits per heavy atom. The zero-order valence-corrected chi connectivity index (χ0v) is 12.3. The number of amides is 1. The summed E-state index contributed by atoms with van der Waals surface area (Å²) >= 11 is 0. The first kappa shape index (κ1) is 14.9. The van der Waals surface area contributed by atoms with Gasteiger partial charge in [0.25, 0.3) is 5.91 Å². The Labute approximate surface area is 120 Å². The Morgan fingerprint density at radius 3 is 2.80 bits per heavy atom. The summed E-state index contributed by atoms with van der Waals surface area (Å²) in [6.45, 7) is 4.64. The molecule has 0 aromatic heterocycles. The van der Waals surface area contributed by atoms with E-state index in [-0.39, 0.29) is 12.5 Å². The van der Waals surface area contributed by atoms with E-state index in [2.05, 4.69) is 6.92 Å². The zero-order chi connectivity index (χ0) is 14.5. The predicted octanol–water partition coefficient (Wildman–Crippen LogP) is 2.87. The van der Waals surface area contributed by atoms with Crippen LogP contribution in [0.15, 0.2) is 18.2 Å². The van der Waals surface area contributed by atoms with Gasteiger partial charge in [0.15, 0.2) is 6.10 Å². The third-order valence-electron chi connectivity index (χ3n) is 3.65. The number of carbonyl (C=O) groups excluding carboxylic acids is 1. The summed E-state index contributed by atoms with van der Waals surface area (Å²) in [7, 11) is 0. The molecule has 1 amide bonds. The van der Waals surface area contributed by atoms with Crippen molar-refractivity contribution in [3.63, 3.8) is 0 Å². The molecular weight excluding hydrogens is 254 g/mol. The minimum absolute atomic E-state index is 0.00379. The van der Waals surface area contributed by atoms with E-state index in [0.29, 0.717) is 6.54 Å². The van der Waals surface area contributed by atoms with Crippen LogP contribution < -0.4 is 9.64 Å². The average molecular weight is 277 g/mol. The molecule has 1 aromatic carbocycles. The number of benzene rings is 1. The zero-order valence-electron chi connectivity index (χ0n) is 12.3. The lowest BCUT2D eigenvalue weighted by atomic mass is 10.1. The number of ether oxygens (including phenoxy) is 1. The highest BCUT2D eigenvalue weighted by Crippen LogP contribution is 2.35. The highest BCUT2D eigenvalue weighted by molar-refractivity contribution is 5.99. The SMILES string of the molecule is CCCCCCN1C(=O)C(C)Oc2ccc(CO)cc21. The Bertz CT molecular complexity index is 473. The van der Waals surface area contributed by atoms with Gasteiger partial charge in [0, 0.05) is 6.54 Å². The topological polar surface area (TPSA) is 49.8 Å². The van der Waals surface area contributed by atoms with Gasteiger partial charge in [0.1, 0.15) is 5.75 Å². The molecule has 0 bridgehead atoms. The molecule has 110 valence electrons. The van der Waals surface area contributed by atoms with Crippen LogP contribution in [0.5, 0.6) is 5.75 Å². The van der Waals surface area contributed by atoms with Crippen LogP contribution in [-0.2, 0) is 11.4 Å². The molecule has 20 heavy (non-hydrogen) atoms. The van der Waals surface area contributed by atoms with E-state index < -0.39 is 6.10 Å². The monoisotopic (exact) mass is 277 g/mol. The molecule has 0 saturated carbocycles.